The molecule has 0 fully saturated rings. The molecule has 7 heteroatoms. The number of hydrogen-bond donors (Lipinski definition) is 1. The molecule has 0 saturated carbocycles. The number of methoxy groups -OCH3 is 1. The number of carbonyl (C=O) groups excluding carboxylic acids is 1. The van der Waals surface area contributed by atoms with Crippen LogP contribution in [0.2, 0.25) is 10.0 Å². The second-order valence-corrected chi connectivity index (χ2v) is 5.77. The molecule has 25 heavy (non-hydrogen) atoms. The van der Waals surface area contributed by atoms with E-state index in [0.717, 1.165) is 0 Å². The lowest BCUT2D eigenvalue weighted by atomic mass is 10.2. The van der Waals surface area contributed by atoms with E-state index in [1.54, 1.807) is 19.2 Å². The molecule has 0 aliphatic rings. The van der Waals surface area contributed by atoms with Gasteiger partial charge in [-0.05, 0) is 31.2 Å². The van der Waals surface area contributed by atoms with Crippen molar-refractivity contribution in [3.63, 3.8) is 0 Å². The van der Waals surface area contributed by atoms with Crippen LogP contribution in [-0.4, -0.2) is 32.8 Å². The maximum absolute atomic E-state index is 12.2. The highest BCUT2D eigenvalue weighted by molar-refractivity contribution is 6.37. The molecule has 0 unspecified atom stereocenters. The highest BCUT2D eigenvalue weighted by Gasteiger charge is 2.13. The molecule has 2 aromatic rings. The zero-order chi connectivity index (χ0) is 18.2. The second-order valence-electron chi connectivity index (χ2n) is 4.96. The number of nitrogens with one attached hydrogen (secondary N) is 1. The minimum atomic E-state index is -0.296. The van der Waals surface area contributed by atoms with Gasteiger partial charge in [-0.15, -0.1) is 0 Å². The summed E-state index contributed by atoms with van der Waals surface area (Å²) in [4.78, 5) is 12.2. The largest absolute Gasteiger partial charge is 0.493 e. The van der Waals surface area contributed by atoms with Crippen LogP contribution in [-0.2, 0) is 0 Å². The number of amides is 1. The Morgan fingerprint density at radius 3 is 2.32 bits per heavy atom. The maximum atomic E-state index is 12.2. The quantitative estimate of drug-likeness (QED) is 0.693. The van der Waals surface area contributed by atoms with Gasteiger partial charge in [0.25, 0.3) is 5.91 Å². The lowest BCUT2D eigenvalue weighted by Crippen LogP contribution is -2.28. The van der Waals surface area contributed by atoms with Crippen molar-refractivity contribution in [2.45, 2.75) is 6.92 Å². The van der Waals surface area contributed by atoms with Crippen LogP contribution in [0.25, 0.3) is 0 Å². The van der Waals surface area contributed by atoms with Gasteiger partial charge in [-0.2, -0.15) is 0 Å². The van der Waals surface area contributed by atoms with Gasteiger partial charge in [0.15, 0.2) is 17.2 Å². The van der Waals surface area contributed by atoms with Crippen molar-refractivity contribution >= 4 is 29.1 Å². The van der Waals surface area contributed by atoms with Gasteiger partial charge in [0.2, 0.25) is 0 Å². The van der Waals surface area contributed by atoms with E-state index in [1.165, 1.54) is 12.1 Å². The molecular weight excluding hydrogens is 365 g/mol. The number of rotatable bonds is 8. The Kier molecular flexibility index (Phi) is 7.22. The number of benzene rings is 2. The minimum Gasteiger partial charge on any atom is -0.493 e. The van der Waals surface area contributed by atoms with Gasteiger partial charge >= 0.3 is 0 Å². The summed E-state index contributed by atoms with van der Waals surface area (Å²) >= 11 is 12.2. The topological polar surface area (TPSA) is 56.8 Å². The number of ether oxygens (including phenoxy) is 3. The molecule has 0 saturated heterocycles. The van der Waals surface area contributed by atoms with Crippen molar-refractivity contribution in [3.05, 3.63) is 52.0 Å². The van der Waals surface area contributed by atoms with Crippen molar-refractivity contribution < 1.29 is 19.0 Å². The van der Waals surface area contributed by atoms with E-state index in [0.29, 0.717) is 52.6 Å². The Labute approximate surface area is 156 Å². The van der Waals surface area contributed by atoms with Gasteiger partial charge in [0.1, 0.15) is 6.61 Å². The first-order valence-electron chi connectivity index (χ1n) is 7.72. The van der Waals surface area contributed by atoms with Gasteiger partial charge in [-0.25, -0.2) is 0 Å². The molecule has 1 amide bonds. The van der Waals surface area contributed by atoms with Gasteiger partial charge in [0.05, 0.1) is 30.3 Å². The Balaban J connectivity index is 1.90. The summed E-state index contributed by atoms with van der Waals surface area (Å²) in [6.45, 7) is 2.88. The molecule has 0 heterocycles. The molecule has 0 radical (unpaired) electrons. The minimum absolute atomic E-state index is 0.296. The van der Waals surface area contributed by atoms with E-state index in [2.05, 4.69) is 5.32 Å². The Bertz CT molecular complexity index is 714. The van der Waals surface area contributed by atoms with Crippen molar-refractivity contribution in [2.75, 3.05) is 26.9 Å². The van der Waals surface area contributed by atoms with Crippen LogP contribution in [0.4, 0.5) is 0 Å². The summed E-state index contributed by atoms with van der Waals surface area (Å²) in [6, 6.07) is 10.3. The first-order chi connectivity index (χ1) is 12.1. The average molecular weight is 384 g/mol. The third kappa shape index (κ3) is 5.18. The first kappa shape index (κ1) is 19.2. The molecule has 0 aliphatic heterocycles. The van der Waals surface area contributed by atoms with E-state index in [9.17, 15) is 4.79 Å². The molecule has 0 bridgehead atoms. The zero-order valence-electron chi connectivity index (χ0n) is 14.0. The second kappa shape index (κ2) is 9.39. The lowest BCUT2D eigenvalue weighted by Gasteiger charge is -2.12. The summed E-state index contributed by atoms with van der Waals surface area (Å²) in [6.07, 6.45) is 0. The van der Waals surface area contributed by atoms with Crippen molar-refractivity contribution in [2.24, 2.45) is 0 Å². The highest BCUT2D eigenvalue weighted by Crippen LogP contribution is 2.34. The normalized spacial score (nSPS) is 10.2. The van der Waals surface area contributed by atoms with Gasteiger partial charge in [0, 0.05) is 5.56 Å². The number of hydrogen-bond acceptors (Lipinski definition) is 4. The highest BCUT2D eigenvalue weighted by atomic mass is 35.5. The molecule has 1 N–H and O–H groups in total. The van der Waals surface area contributed by atoms with Crippen LogP contribution >= 0.6 is 23.2 Å². The Hall–Kier alpha value is -2.11. The number of carbonyl (C=O) groups is 1. The molecule has 2 rings (SSSR count). The summed E-state index contributed by atoms with van der Waals surface area (Å²) in [7, 11) is 1.57. The monoisotopic (exact) mass is 383 g/mol. The molecule has 0 spiro atoms. The number of para-hydroxylation sites is 2. The predicted molar refractivity (Wildman–Crippen MR) is 98.5 cm³/mol. The summed E-state index contributed by atoms with van der Waals surface area (Å²) in [5.74, 6) is 1.34. The fraction of sp³-hybridized carbons (Fsp3) is 0.278. The lowest BCUT2D eigenvalue weighted by molar-refractivity contribution is 0.0947. The van der Waals surface area contributed by atoms with Crippen LogP contribution in [0.5, 0.6) is 17.2 Å². The summed E-state index contributed by atoms with van der Waals surface area (Å²) < 4.78 is 16.1. The Morgan fingerprint density at radius 1 is 1.08 bits per heavy atom. The predicted octanol–water partition coefficient (Wildman–Crippen LogP) is 4.21. The van der Waals surface area contributed by atoms with E-state index < -0.39 is 0 Å². The van der Waals surface area contributed by atoms with Crippen LogP contribution in [0.15, 0.2) is 36.4 Å². The number of halogens is 2. The van der Waals surface area contributed by atoms with E-state index >= 15 is 0 Å². The van der Waals surface area contributed by atoms with Crippen molar-refractivity contribution in [1.29, 1.82) is 0 Å². The van der Waals surface area contributed by atoms with Crippen LogP contribution in [0.1, 0.15) is 17.3 Å². The molecule has 134 valence electrons. The third-order valence-corrected chi connectivity index (χ3v) is 3.82. The van der Waals surface area contributed by atoms with E-state index in [-0.39, 0.29) is 5.91 Å². The fourth-order valence-corrected chi connectivity index (χ4v) is 2.74. The fourth-order valence-electron chi connectivity index (χ4n) is 2.14. The molecule has 0 aliphatic carbocycles. The first-order valence-corrected chi connectivity index (χ1v) is 8.48. The van der Waals surface area contributed by atoms with Crippen molar-refractivity contribution in [3.8, 4) is 17.2 Å². The maximum Gasteiger partial charge on any atom is 0.251 e. The molecule has 0 aromatic heterocycles. The van der Waals surface area contributed by atoms with Gasteiger partial charge < -0.3 is 19.5 Å². The summed E-state index contributed by atoms with van der Waals surface area (Å²) in [5.41, 5.74) is 0.357. The van der Waals surface area contributed by atoms with Crippen LogP contribution in [0.3, 0.4) is 0 Å². The molecule has 2 aromatic carbocycles. The van der Waals surface area contributed by atoms with Crippen LogP contribution in [0, 0.1) is 0 Å². The van der Waals surface area contributed by atoms with Gasteiger partial charge in [-0.1, -0.05) is 35.3 Å². The van der Waals surface area contributed by atoms with Crippen LogP contribution < -0.4 is 19.5 Å². The van der Waals surface area contributed by atoms with Gasteiger partial charge in [-0.3, -0.25) is 4.79 Å². The average Bonchev–Trinajstić information content (AvgIpc) is 2.61. The molecular formula is C18H19Cl2NO4. The SMILES string of the molecule is CCOc1c(Cl)cc(C(=O)NCCOc2ccccc2OC)cc1Cl. The zero-order valence-corrected chi connectivity index (χ0v) is 15.5. The van der Waals surface area contributed by atoms with E-state index in [4.69, 9.17) is 37.4 Å². The molecule has 5 nitrogen and oxygen atoms in total. The third-order valence-electron chi connectivity index (χ3n) is 3.26. The standard InChI is InChI=1S/C18H19Cl2NO4/c1-3-24-17-13(19)10-12(11-14(17)20)18(22)21-8-9-25-16-7-5-4-6-15(16)23-2/h4-7,10-11H,3,8-9H2,1-2H3,(H,21,22). The van der Waals surface area contributed by atoms with E-state index in [1.807, 2.05) is 19.1 Å². The smallest absolute Gasteiger partial charge is 0.251 e. The molecule has 0 atom stereocenters. The van der Waals surface area contributed by atoms with Crippen molar-refractivity contribution in [1.82, 2.24) is 5.32 Å². The Morgan fingerprint density at radius 2 is 1.72 bits per heavy atom. The summed E-state index contributed by atoms with van der Waals surface area (Å²) in [5, 5.41) is 3.34.